The number of hydrogen-bond donors (Lipinski definition) is 0. The number of carbonyl (C=O) groups excluding carboxylic acids is 1. The van der Waals surface area contributed by atoms with E-state index in [4.69, 9.17) is 9.47 Å². The summed E-state index contributed by atoms with van der Waals surface area (Å²) < 4.78 is 13.4. The van der Waals surface area contributed by atoms with Crippen LogP contribution in [-0.2, 0) is 29.1 Å². The van der Waals surface area contributed by atoms with E-state index in [1.54, 1.807) is 6.20 Å². The molecule has 38 heavy (non-hydrogen) atoms. The first kappa shape index (κ1) is 25.3. The molecule has 3 aromatic carbocycles. The molecule has 5 aromatic rings. The van der Waals surface area contributed by atoms with Crippen LogP contribution in [0.4, 0.5) is 0 Å². The standard InChI is InChI=1S/C33H32N2O3/c1-3-37-33(36)16-14-29-21-35(22-32(29)26-8-5-4-6-9-26)20-25-11-12-28-19-31(15-13-27(28)18-25)38-23-30-10-7-17-34-24(30)2/h4-13,15,17-19,21-22H,3,14,16,20,23H2,1-2H3. The van der Waals surface area contributed by atoms with Crippen molar-refractivity contribution in [3.05, 3.63) is 120 Å². The van der Waals surface area contributed by atoms with E-state index >= 15 is 0 Å². The second-order valence-corrected chi connectivity index (χ2v) is 9.42. The van der Waals surface area contributed by atoms with Crippen LogP contribution >= 0.6 is 0 Å². The molecule has 0 spiro atoms. The van der Waals surface area contributed by atoms with Crippen molar-refractivity contribution in [2.24, 2.45) is 0 Å². The van der Waals surface area contributed by atoms with Gasteiger partial charge in [-0.25, -0.2) is 0 Å². The number of nitrogens with zero attached hydrogens (tertiary/aromatic N) is 2. The number of aromatic nitrogens is 2. The molecule has 0 saturated heterocycles. The lowest BCUT2D eigenvalue weighted by Crippen LogP contribution is -2.05. The van der Waals surface area contributed by atoms with Gasteiger partial charge < -0.3 is 14.0 Å². The van der Waals surface area contributed by atoms with E-state index in [2.05, 4.69) is 64.4 Å². The molecule has 0 aliphatic carbocycles. The molecule has 0 radical (unpaired) electrons. The Balaban J connectivity index is 1.32. The maximum absolute atomic E-state index is 12.0. The molecule has 0 amide bonds. The Kier molecular flexibility index (Phi) is 7.84. The summed E-state index contributed by atoms with van der Waals surface area (Å²) in [6, 6.07) is 27.1. The third-order valence-electron chi connectivity index (χ3n) is 6.70. The largest absolute Gasteiger partial charge is 0.489 e. The Bertz CT molecular complexity index is 1540. The van der Waals surface area contributed by atoms with Crippen molar-refractivity contribution in [2.75, 3.05) is 6.61 Å². The number of esters is 1. The average Bonchev–Trinajstić information content (AvgIpc) is 3.34. The number of carbonyl (C=O) groups is 1. The van der Waals surface area contributed by atoms with Crippen LogP contribution in [0.3, 0.4) is 0 Å². The predicted molar refractivity (Wildman–Crippen MR) is 151 cm³/mol. The summed E-state index contributed by atoms with van der Waals surface area (Å²) >= 11 is 0. The summed E-state index contributed by atoms with van der Waals surface area (Å²) in [7, 11) is 0. The van der Waals surface area contributed by atoms with Gasteiger partial charge in [0.1, 0.15) is 12.4 Å². The molecule has 0 unspecified atom stereocenters. The minimum absolute atomic E-state index is 0.160. The number of benzene rings is 3. The SMILES string of the molecule is CCOC(=O)CCc1cn(Cc2ccc3cc(OCc4cccnc4C)ccc3c2)cc1-c1ccccc1. The Hall–Kier alpha value is -4.38. The lowest BCUT2D eigenvalue weighted by atomic mass is 10.0. The molecule has 5 rings (SSSR count). The maximum atomic E-state index is 12.0. The molecule has 2 heterocycles. The fraction of sp³-hybridized carbons (Fsp3) is 0.212. The lowest BCUT2D eigenvalue weighted by molar-refractivity contribution is -0.143. The first-order valence-corrected chi connectivity index (χ1v) is 13.0. The average molecular weight is 505 g/mol. The zero-order valence-corrected chi connectivity index (χ0v) is 21.9. The fourth-order valence-electron chi connectivity index (χ4n) is 4.70. The summed E-state index contributed by atoms with van der Waals surface area (Å²) in [6.45, 7) is 5.49. The van der Waals surface area contributed by atoms with Crippen LogP contribution in [0.2, 0.25) is 0 Å². The maximum Gasteiger partial charge on any atom is 0.306 e. The zero-order chi connectivity index (χ0) is 26.3. The first-order valence-electron chi connectivity index (χ1n) is 13.0. The van der Waals surface area contributed by atoms with E-state index in [-0.39, 0.29) is 5.97 Å². The normalized spacial score (nSPS) is 11.0. The topological polar surface area (TPSA) is 53.4 Å². The molecule has 0 fully saturated rings. The molecule has 0 N–H and O–H groups in total. The van der Waals surface area contributed by atoms with E-state index in [0.29, 0.717) is 26.1 Å². The third kappa shape index (κ3) is 6.12. The smallest absolute Gasteiger partial charge is 0.306 e. The fourth-order valence-corrected chi connectivity index (χ4v) is 4.70. The van der Waals surface area contributed by atoms with Gasteiger partial charge >= 0.3 is 5.97 Å². The molecular weight excluding hydrogens is 472 g/mol. The second kappa shape index (κ2) is 11.8. The van der Waals surface area contributed by atoms with Gasteiger partial charge in [0.05, 0.1) is 6.61 Å². The van der Waals surface area contributed by atoms with Gasteiger partial charge in [-0.2, -0.15) is 0 Å². The molecule has 0 saturated carbocycles. The summed E-state index contributed by atoms with van der Waals surface area (Å²) in [5, 5.41) is 2.31. The van der Waals surface area contributed by atoms with E-state index in [0.717, 1.165) is 45.6 Å². The molecule has 192 valence electrons. The van der Waals surface area contributed by atoms with Crippen molar-refractivity contribution in [1.82, 2.24) is 9.55 Å². The molecule has 2 aromatic heterocycles. The number of aryl methyl sites for hydroxylation is 2. The molecule has 0 aliphatic rings. The van der Waals surface area contributed by atoms with Gasteiger partial charge in [0, 0.05) is 48.4 Å². The molecule has 5 nitrogen and oxygen atoms in total. The van der Waals surface area contributed by atoms with Crippen molar-refractivity contribution < 1.29 is 14.3 Å². The minimum Gasteiger partial charge on any atom is -0.489 e. The highest BCUT2D eigenvalue weighted by molar-refractivity contribution is 5.84. The summed E-state index contributed by atoms with van der Waals surface area (Å²) in [5.74, 6) is 0.686. The van der Waals surface area contributed by atoms with Crippen LogP contribution in [0.5, 0.6) is 5.75 Å². The Morgan fingerprint density at radius 2 is 1.71 bits per heavy atom. The number of rotatable bonds is 10. The summed E-state index contributed by atoms with van der Waals surface area (Å²) in [5.41, 5.74) is 6.74. The zero-order valence-electron chi connectivity index (χ0n) is 21.9. The second-order valence-electron chi connectivity index (χ2n) is 9.42. The van der Waals surface area contributed by atoms with Gasteiger partial charge in [0.15, 0.2) is 0 Å². The minimum atomic E-state index is -0.160. The van der Waals surface area contributed by atoms with Gasteiger partial charge in [-0.1, -0.05) is 54.6 Å². The van der Waals surface area contributed by atoms with Gasteiger partial charge in [-0.15, -0.1) is 0 Å². The highest BCUT2D eigenvalue weighted by Gasteiger charge is 2.12. The van der Waals surface area contributed by atoms with Gasteiger partial charge in [0.25, 0.3) is 0 Å². The molecule has 0 atom stereocenters. The molecule has 0 aliphatic heterocycles. The number of fused-ring (bicyclic) bond motifs is 1. The van der Waals surface area contributed by atoms with Gasteiger partial charge in [-0.05, 0) is 72.0 Å². The highest BCUT2D eigenvalue weighted by Crippen LogP contribution is 2.28. The van der Waals surface area contributed by atoms with Crippen molar-refractivity contribution in [2.45, 2.75) is 39.8 Å². The van der Waals surface area contributed by atoms with Crippen molar-refractivity contribution in [3.63, 3.8) is 0 Å². The Morgan fingerprint density at radius 3 is 2.53 bits per heavy atom. The quantitative estimate of drug-likeness (QED) is 0.190. The number of pyridine rings is 1. The lowest BCUT2D eigenvalue weighted by Gasteiger charge is -2.10. The summed E-state index contributed by atoms with van der Waals surface area (Å²) in [6.07, 6.45) is 7.15. The Labute approximate surface area is 223 Å². The van der Waals surface area contributed by atoms with Gasteiger partial charge in [0.2, 0.25) is 0 Å². The number of ether oxygens (including phenoxy) is 2. The monoisotopic (exact) mass is 504 g/mol. The summed E-state index contributed by atoms with van der Waals surface area (Å²) in [4.78, 5) is 16.3. The molecular formula is C33H32N2O3. The predicted octanol–water partition coefficient (Wildman–Crippen LogP) is 7.13. The third-order valence-corrected chi connectivity index (χ3v) is 6.70. The van der Waals surface area contributed by atoms with Crippen LogP contribution in [-0.4, -0.2) is 22.1 Å². The van der Waals surface area contributed by atoms with Crippen molar-refractivity contribution in [1.29, 1.82) is 0 Å². The number of hydrogen-bond acceptors (Lipinski definition) is 4. The van der Waals surface area contributed by atoms with Crippen LogP contribution in [0.25, 0.3) is 21.9 Å². The van der Waals surface area contributed by atoms with Crippen LogP contribution in [0, 0.1) is 6.92 Å². The van der Waals surface area contributed by atoms with E-state index in [1.807, 2.05) is 50.2 Å². The van der Waals surface area contributed by atoms with E-state index < -0.39 is 0 Å². The van der Waals surface area contributed by atoms with Crippen LogP contribution in [0.15, 0.2) is 97.5 Å². The van der Waals surface area contributed by atoms with Crippen LogP contribution in [0.1, 0.15) is 35.7 Å². The Morgan fingerprint density at radius 1 is 0.895 bits per heavy atom. The molecule has 5 heteroatoms. The van der Waals surface area contributed by atoms with Crippen LogP contribution < -0.4 is 4.74 Å². The molecule has 0 bridgehead atoms. The highest BCUT2D eigenvalue weighted by atomic mass is 16.5. The van der Waals surface area contributed by atoms with Crippen molar-refractivity contribution in [3.8, 4) is 16.9 Å². The first-order chi connectivity index (χ1) is 18.6. The van der Waals surface area contributed by atoms with E-state index in [1.165, 1.54) is 10.9 Å². The van der Waals surface area contributed by atoms with E-state index in [9.17, 15) is 4.79 Å². The van der Waals surface area contributed by atoms with Gasteiger partial charge in [-0.3, -0.25) is 9.78 Å². The van der Waals surface area contributed by atoms with Crippen molar-refractivity contribution >= 4 is 16.7 Å².